The van der Waals surface area contributed by atoms with Crippen molar-refractivity contribution in [1.29, 1.82) is 0 Å². The quantitative estimate of drug-likeness (QED) is 0.505. The number of carboxylic acid groups (broad SMARTS) is 1. The second-order valence-corrected chi connectivity index (χ2v) is 7.19. The molecule has 0 aliphatic carbocycles. The summed E-state index contributed by atoms with van der Waals surface area (Å²) in [5, 5.41) is 12.6. The number of hydrogen-bond acceptors (Lipinski definition) is 3. The van der Waals surface area contributed by atoms with Gasteiger partial charge in [-0.3, -0.25) is 9.59 Å². The summed E-state index contributed by atoms with van der Waals surface area (Å²) >= 11 is 12.2. The van der Waals surface area contributed by atoms with Crippen LogP contribution >= 0.6 is 23.2 Å². The van der Waals surface area contributed by atoms with Gasteiger partial charge >= 0.3 is 5.97 Å². The van der Waals surface area contributed by atoms with Crippen LogP contribution < -0.4 is 10.1 Å². The molecule has 148 valence electrons. The second-order valence-electron chi connectivity index (χ2n) is 6.38. The number of rotatable bonds is 6. The maximum absolute atomic E-state index is 12.4. The number of amides is 1. The maximum atomic E-state index is 12.4. The Morgan fingerprint density at radius 3 is 2.31 bits per heavy atom. The molecule has 0 aliphatic heterocycles. The van der Waals surface area contributed by atoms with Crippen LogP contribution in [-0.2, 0) is 11.2 Å². The van der Waals surface area contributed by atoms with Crippen LogP contribution in [0.15, 0.2) is 60.7 Å². The highest BCUT2D eigenvalue weighted by molar-refractivity contribution is 6.32. The summed E-state index contributed by atoms with van der Waals surface area (Å²) in [4.78, 5) is 23.1. The van der Waals surface area contributed by atoms with Gasteiger partial charge in [0.15, 0.2) is 0 Å². The molecule has 0 aromatic heterocycles. The van der Waals surface area contributed by atoms with E-state index in [-0.39, 0.29) is 12.3 Å². The minimum Gasteiger partial charge on any atom is -0.481 e. The molecule has 2 N–H and O–H groups in total. The molecule has 7 heteroatoms. The van der Waals surface area contributed by atoms with Crippen LogP contribution in [0.3, 0.4) is 0 Å². The van der Waals surface area contributed by atoms with Crippen molar-refractivity contribution < 1.29 is 19.4 Å². The van der Waals surface area contributed by atoms with E-state index in [2.05, 4.69) is 5.32 Å². The van der Waals surface area contributed by atoms with Gasteiger partial charge in [-0.1, -0.05) is 29.3 Å². The van der Waals surface area contributed by atoms with Crippen molar-refractivity contribution in [2.45, 2.75) is 13.3 Å². The summed E-state index contributed by atoms with van der Waals surface area (Å²) in [5.74, 6) is -0.232. The number of carbonyl (C=O) groups excluding carboxylic acids is 1. The van der Waals surface area contributed by atoms with E-state index >= 15 is 0 Å². The van der Waals surface area contributed by atoms with Gasteiger partial charge in [-0.2, -0.15) is 0 Å². The topological polar surface area (TPSA) is 75.6 Å². The van der Waals surface area contributed by atoms with Crippen LogP contribution in [-0.4, -0.2) is 17.0 Å². The van der Waals surface area contributed by atoms with Crippen molar-refractivity contribution in [3.05, 3.63) is 87.4 Å². The summed E-state index contributed by atoms with van der Waals surface area (Å²) in [7, 11) is 0. The van der Waals surface area contributed by atoms with Gasteiger partial charge in [0, 0.05) is 16.3 Å². The standard InChI is InChI=1S/C22H17Cl2NO4/c1-13-10-15(3-8-18(13)23)22(28)25-16-4-6-17(7-5-16)29-20-9-2-14(11-19(20)24)12-21(26)27/h2-11H,12H2,1H3,(H,25,28)(H,26,27). The normalized spacial score (nSPS) is 10.4. The van der Waals surface area contributed by atoms with Crippen LogP contribution in [0.4, 0.5) is 5.69 Å². The number of nitrogens with one attached hydrogen (secondary N) is 1. The maximum Gasteiger partial charge on any atom is 0.307 e. The van der Waals surface area contributed by atoms with Crippen molar-refractivity contribution in [3.8, 4) is 11.5 Å². The molecular formula is C22H17Cl2NO4. The molecule has 1 amide bonds. The molecule has 0 saturated carbocycles. The van der Waals surface area contributed by atoms with E-state index in [1.807, 2.05) is 6.92 Å². The Balaban J connectivity index is 1.66. The SMILES string of the molecule is Cc1cc(C(=O)Nc2ccc(Oc3ccc(CC(=O)O)cc3Cl)cc2)ccc1Cl. The van der Waals surface area contributed by atoms with Gasteiger partial charge in [0.25, 0.3) is 5.91 Å². The van der Waals surface area contributed by atoms with E-state index in [0.717, 1.165) is 5.56 Å². The molecule has 3 aromatic rings. The highest BCUT2D eigenvalue weighted by Gasteiger charge is 2.09. The number of benzene rings is 3. The first-order valence-electron chi connectivity index (χ1n) is 8.67. The smallest absolute Gasteiger partial charge is 0.307 e. The van der Waals surface area contributed by atoms with E-state index in [4.69, 9.17) is 33.0 Å². The predicted octanol–water partition coefficient (Wildman–Crippen LogP) is 5.97. The number of aryl methyl sites for hydroxylation is 1. The minimum absolute atomic E-state index is 0.110. The number of ether oxygens (including phenoxy) is 1. The second kappa shape index (κ2) is 8.99. The molecule has 0 spiro atoms. The molecule has 0 unspecified atom stereocenters. The van der Waals surface area contributed by atoms with Gasteiger partial charge in [0.05, 0.1) is 11.4 Å². The van der Waals surface area contributed by atoms with Gasteiger partial charge in [-0.05, 0) is 72.6 Å². The number of anilines is 1. The Kier molecular flexibility index (Phi) is 6.42. The zero-order valence-corrected chi connectivity index (χ0v) is 16.9. The van der Waals surface area contributed by atoms with E-state index in [1.165, 1.54) is 0 Å². The summed E-state index contributed by atoms with van der Waals surface area (Å²) in [5.41, 5.74) is 2.54. The first kappa shape index (κ1) is 20.7. The molecule has 0 radical (unpaired) electrons. The van der Waals surface area contributed by atoms with E-state index < -0.39 is 5.97 Å². The third-order valence-electron chi connectivity index (χ3n) is 4.11. The van der Waals surface area contributed by atoms with Gasteiger partial charge in [0.1, 0.15) is 11.5 Å². The first-order chi connectivity index (χ1) is 13.8. The third-order valence-corrected chi connectivity index (χ3v) is 4.83. The summed E-state index contributed by atoms with van der Waals surface area (Å²) in [6.07, 6.45) is -0.110. The van der Waals surface area contributed by atoms with Crippen molar-refractivity contribution in [3.63, 3.8) is 0 Å². The monoisotopic (exact) mass is 429 g/mol. The van der Waals surface area contributed by atoms with E-state index in [0.29, 0.717) is 38.4 Å². The highest BCUT2D eigenvalue weighted by atomic mass is 35.5. The minimum atomic E-state index is -0.930. The molecule has 0 heterocycles. The first-order valence-corrected chi connectivity index (χ1v) is 9.43. The van der Waals surface area contributed by atoms with Crippen LogP contribution in [0.1, 0.15) is 21.5 Å². The van der Waals surface area contributed by atoms with Crippen LogP contribution in [0.5, 0.6) is 11.5 Å². The lowest BCUT2D eigenvalue weighted by molar-refractivity contribution is -0.136. The fourth-order valence-corrected chi connectivity index (χ4v) is 2.99. The average molecular weight is 430 g/mol. The van der Waals surface area contributed by atoms with Gasteiger partial charge in [0.2, 0.25) is 0 Å². The fourth-order valence-electron chi connectivity index (χ4n) is 2.63. The molecule has 0 saturated heterocycles. The van der Waals surface area contributed by atoms with E-state index in [1.54, 1.807) is 60.7 Å². The zero-order chi connectivity index (χ0) is 21.0. The number of aliphatic carboxylic acids is 1. The lowest BCUT2D eigenvalue weighted by atomic mass is 10.1. The van der Waals surface area contributed by atoms with Crippen molar-refractivity contribution >= 4 is 40.8 Å². The Bertz CT molecular complexity index is 1060. The highest BCUT2D eigenvalue weighted by Crippen LogP contribution is 2.31. The molecule has 29 heavy (non-hydrogen) atoms. The molecule has 5 nitrogen and oxygen atoms in total. The molecular weight excluding hydrogens is 413 g/mol. The number of carboxylic acids is 1. The Morgan fingerprint density at radius 2 is 1.69 bits per heavy atom. The number of hydrogen-bond donors (Lipinski definition) is 2. The lowest BCUT2D eigenvalue weighted by Crippen LogP contribution is -2.11. The van der Waals surface area contributed by atoms with Crippen LogP contribution in [0, 0.1) is 6.92 Å². The Hall–Kier alpha value is -3.02. The molecule has 0 atom stereocenters. The van der Waals surface area contributed by atoms with E-state index in [9.17, 15) is 9.59 Å². The summed E-state index contributed by atoms with van der Waals surface area (Å²) < 4.78 is 5.74. The van der Waals surface area contributed by atoms with Crippen LogP contribution in [0.2, 0.25) is 10.0 Å². The number of halogens is 2. The van der Waals surface area contributed by atoms with Gasteiger partial charge in [-0.25, -0.2) is 0 Å². The Labute approximate surface area is 177 Å². The van der Waals surface area contributed by atoms with Crippen molar-refractivity contribution in [2.24, 2.45) is 0 Å². The van der Waals surface area contributed by atoms with Crippen molar-refractivity contribution in [2.75, 3.05) is 5.32 Å². The fraction of sp³-hybridized carbons (Fsp3) is 0.0909. The largest absolute Gasteiger partial charge is 0.481 e. The Morgan fingerprint density at radius 1 is 0.966 bits per heavy atom. The predicted molar refractivity (Wildman–Crippen MR) is 113 cm³/mol. The summed E-state index contributed by atoms with van der Waals surface area (Å²) in [6.45, 7) is 1.84. The molecule has 0 aliphatic rings. The van der Waals surface area contributed by atoms with Crippen LogP contribution in [0.25, 0.3) is 0 Å². The van der Waals surface area contributed by atoms with Gasteiger partial charge < -0.3 is 15.2 Å². The average Bonchev–Trinajstić information content (AvgIpc) is 2.67. The molecule has 0 bridgehead atoms. The van der Waals surface area contributed by atoms with Crippen molar-refractivity contribution in [1.82, 2.24) is 0 Å². The molecule has 3 rings (SSSR count). The number of carbonyl (C=O) groups is 2. The zero-order valence-electron chi connectivity index (χ0n) is 15.4. The lowest BCUT2D eigenvalue weighted by Gasteiger charge is -2.10. The van der Waals surface area contributed by atoms with Gasteiger partial charge in [-0.15, -0.1) is 0 Å². The molecule has 3 aromatic carbocycles. The molecule has 0 fully saturated rings. The third kappa shape index (κ3) is 5.50. The summed E-state index contributed by atoms with van der Waals surface area (Å²) in [6, 6.07) is 16.7.